The lowest BCUT2D eigenvalue weighted by Crippen LogP contribution is -2.54. The molecule has 6 nitrogen and oxygen atoms in total. The molecule has 0 aliphatic rings. The quantitative estimate of drug-likeness (QED) is 0.629. The Labute approximate surface area is 137 Å². The highest BCUT2D eigenvalue weighted by atomic mass is 16.5. The summed E-state index contributed by atoms with van der Waals surface area (Å²) in [5.41, 5.74) is 0.990. The number of hydrogen-bond acceptors (Lipinski definition) is 4. The van der Waals surface area contributed by atoms with Crippen LogP contribution in [0.15, 0.2) is 30.3 Å². The molecule has 0 fully saturated rings. The largest absolute Gasteiger partial charge is 0.395 e. The third-order valence-electron chi connectivity index (χ3n) is 3.34. The number of nitrogens with one attached hydrogen (secondary N) is 2. The number of hydrogen-bond donors (Lipinski definition) is 3. The van der Waals surface area contributed by atoms with E-state index in [-0.39, 0.29) is 30.9 Å². The van der Waals surface area contributed by atoms with Crippen LogP contribution < -0.4 is 10.6 Å². The van der Waals surface area contributed by atoms with Gasteiger partial charge in [0.2, 0.25) is 11.8 Å². The zero-order valence-electron chi connectivity index (χ0n) is 13.9. The van der Waals surface area contributed by atoms with Gasteiger partial charge in [-0.05, 0) is 12.5 Å². The number of amides is 2. The van der Waals surface area contributed by atoms with Gasteiger partial charge < -0.3 is 20.5 Å². The molecule has 0 saturated heterocycles. The van der Waals surface area contributed by atoms with Crippen molar-refractivity contribution in [2.75, 3.05) is 13.2 Å². The van der Waals surface area contributed by atoms with Crippen molar-refractivity contribution in [3.8, 4) is 0 Å². The maximum absolute atomic E-state index is 12.2. The number of benzene rings is 1. The summed E-state index contributed by atoms with van der Waals surface area (Å²) in [6, 6.07) is 8.80. The van der Waals surface area contributed by atoms with Gasteiger partial charge in [-0.1, -0.05) is 44.2 Å². The number of aliphatic hydroxyl groups excluding tert-OH is 1. The van der Waals surface area contributed by atoms with Crippen molar-refractivity contribution in [2.45, 2.75) is 39.5 Å². The molecule has 0 aliphatic carbocycles. The molecule has 0 heterocycles. The summed E-state index contributed by atoms with van der Waals surface area (Å²) >= 11 is 0. The monoisotopic (exact) mass is 322 g/mol. The zero-order valence-corrected chi connectivity index (χ0v) is 13.9. The molecular weight excluding hydrogens is 296 g/mol. The van der Waals surface area contributed by atoms with E-state index in [1.165, 1.54) is 0 Å². The van der Waals surface area contributed by atoms with Crippen LogP contribution in [0.1, 0.15) is 26.3 Å². The van der Waals surface area contributed by atoms with Crippen molar-refractivity contribution in [3.63, 3.8) is 0 Å². The molecule has 128 valence electrons. The second kappa shape index (κ2) is 9.97. The maximum Gasteiger partial charge on any atom is 0.245 e. The van der Waals surface area contributed by atoms with E-state index in [2.05, 4.69) is 10.6 Å². The molecular formula is C17H26N2O4. The highest BCUT2D eigenvalue weighted by molar-refractivity contribution is 5.88. The lowest BCUT2D eigenvalue weighted by atomic mass is 10.1. The predicted octanol–water partition coefficient (Wildman–Crippen LogP) is 0.841. The van der Waals surface area contributed by atoms with E-state index in [1.807, 2.05) is 30.3 Å². The number of rotatable bonds is 9. The number of ether oxygens (including phenoxy) is 1. The minimum atomic E-state index is -0.805. The first-order valence-electron chi connectivity index (χ1n) is 7.80. The van der Waals surface area contributed by atoms with Gasteiger partial charge in [-0.3, -0.25) is 9.59 Å². The van der Waals surface area contributed by atoms with Gasteiger partial charge in [0.05, 0.1) is 19.3 Å². The first-order valence-corrected chi connectivity index (χ1v) is 7.80. The molecule has 1 aromatic carbocycles. The van der Waals surface area contributed by atoms with E-state index in [4.69, 9.17) is 9.84 Å². The summed E-state index contributed by atoms with van der Waals surface area (Å²) in [7, 11) is 0. The van der Waals surface area contributed by atoms with E-state index in [1.54, 1.807) is 20.8 Å². The summed E-state index contributed by atoms with van der Waals surface area (Å²) < 4.78 is 5.73. The number of carbonyl (C=O) groups excluding carboxylic acids is 2. The number of aliphatic hydroxyl groups is 1. The van der Waals surface area contributed by atoms with Crippen molar-refractivity contribution in [2.24, 2.45) is 5.92 Å². The summed E-state index contributed by atoms with van der Waals surface area (Å²) in [5.74, 6) is -0.817. The van der Waals surface area contributed by atoms with Crippen LogP contribution in [-0.4, -0.2) is 42.2 Å². The van der Waals surface area contributed by atoms with Gasteiger partial charge in [-0.25, -0.2) is 0 Å². The van der Waals surface area contributed by atoms with Gasteiger partial charge in [0.15, 0.2) is 0 Å². The topological polar surface area (TPSA) is 87.7 Å². The highest BCUT2D eigenvalue weighted by Gasteiger charge is 2.28. The average Bonchev–Trinajstić information content (AvgIpc) is 2.55. The number of carbonyl (C=O) groups is 2. The fourth-order valence-electron chi connectivity index (χ4n) is 1.90. The maximum atomic E-state index is 12.2. The van der Waals surface area contributed by atoms with E-state index in [0.29, 0.717) is 6.61 Å². The Morgan fingerprint density at radius 3 is 2.35 bits per heavy atom. The van der Waals surface area contributed by atoms with Crippen LogP contribution in [0, 0.1) is 5.92 Å². The summed E-state index contributed by atoms with van der Waals surface area (Å²) in [5, 5.41) is 14.1. The summed E-state index contributed by atoms with van der Waals surface area (Å²) in [4.78, 5) is 24.1. The van der Waals surface area contributed by atoms with Crippen LogP contribution in [0.5, 0.6) is 0 Å². The highest BCUT2D eigenvalue weighted by Crippen LogP contribution is 2.07. The lowest BCUT2D eigenvalue weighted by molar-refractivity contribution is -0.134. The molecule has 1 aromatic rings. The van der Waals surface area contributed by atoms with E-state index in [0.717, 1.165) is 5.56 Å². The fraction of sp³-hybridized carbons (Fsp3) is 0.529. The Bertz CT molecular complexity index is 491. The van der Waals surface area contributed by atoms with Crippen molar-refractivity contribution in [1.82, 2.24) is 10.6 Å². The predicted molar refractivity (Wildman–Crippen MR) is 87.6 cm³/mol. The van der Waals surface area contributed by atoms with Crippen LogP contribution in [0.4, 0.5) is 0 Å². The molecule has 6 heteroatoms. The van der Waals surface area contributed by atoms with Gasteiger partial charge in [0.25, 0.3) is 0 Å². The van der Waals surface area contributed by atoms with E-state index < -0.39 is 12.1 Å². The normalized spacial score (nSPS) is 13.4. The summed E-state index contributed by atoms with van der Waals surface area (Å²) in [6.45, 7) is 5.59. The molecule has 0 aromatic heterocycles. The molecule has 0 saturated carbocycles. The van der Waals surface area contributed by atoms with E-state index in [9.17, 15) is 9.59 Å². The van der Waals surface area contributed by atoms with Crippen LogP contribution in [-0.2, 0) is 20.9 Å². The van der Waals surface area contributed by atoms with Crippen molar-refractivity contribution < 1.29 is 19.4 Å². The molecule has 0 aliphatic heterocycles. The molecule has 2 unspecified atom stereocenters. The lowest BCUT2D eigenvalue weighted by Gasteiger charge is -2.25. The van der Waals surface area contributed by atoms with Crippen molar-refractivity contribution >= 4 is 11.8 Å². The van der Waals surface area contributed by atoms with Gasteiger partial charge in [-0.15, -0.1) is 0 Å². The molecule has 2 amide bonds. The third-order valence-corrected chi connectivity index (χ3v) is 3.34. The van der Waals surface area contributed by atoms with Crippen LogP contribution in [0.2, 0.25) is 0 Å². The Morgan fingerprint density at radius 1 is 1.13 bits per heavy atom. The van der Waals surface area contributed by atoms with Gasteiger partial charge in [0, 0.05) is 12.5 Å². The van der Waals surface area contributed by atoms with Crippen molar-refractivity contribution in [1.29, 1.82) is 0 Å². The second-order valence-corrected chi connectivity index (χ2v) is 5.66. The molecule has 0 bridgehead atoms. The van der Waals surface area contributed by atoms with E-state index >= 15 is 0 Å². The molecule has 0 spiro atoms. The Kier molecular flexibility index (Phi) is 8.29. The minimum absolute atomic E-state index is 0.137. The average molecular weight is 322 g/mol. The Balaban J connectivity index is 2.68. The molecule has 1 rings (SSSR count). The standard InChI is InChI=1S/C17H26N2O4/c1-12(2)16(21)19-15(17(22)18-9-10-20)13(3)23-11-14-7-5-4-6-8-14/h4-8,12-13,15,20H,9-11H2,1-3H3,(H,18,22)(H,19,21). The molecule has 0 radical (unpaired) electrons. The molecule has 2 atom stereocenters. The minimum Gasteiger partial charge on any atom is -0.395 e. The first kappa shape index (κ1) is 19.1. The van der Waals surface area contributed by atoms with Gasteiger partial charge >= 0.3 is 0 Å². The smallest absolute Gasteiger partial charge is 0.245 e. The Morgan fingerprint density at radius 2 is 1.78 bits per heavy atom. The SMILES string of the molecule is CC(C)C(=O)NC(C(=O)NCCO)C(C)OCc1ccccc1. The van der Waals surface area contributed by atoms with Crippen LogP contribution in [0.25, 0.3) is 0 Å². The van der Waals surface area contributed by atoms with Crippen LogP contribution >= 0.6 is 0 Å². The Hall–Kier alpha value is -1.92. The van der Waals surface area contributed by atoms with Crippen LogP contribution in [0.3, 0.4) is 0 Å². The summed E-state index contributed by atoms with van der Waals surface area (Å²) in [6.07, 6.45) is -0.503. The van der Waals surface area contributed by atoms with Gasteiger partial charge in [-0.2, -0.15) is 0 Å². The van der Waals surface area contributed by atoms with Crippen molar-refractivity contribution in [3.05, 3.63) is 35.9 Å². The third kappa shape index (κ3) is 6.80. The van der Waals surface area contributed by atoms with Gasteiger partial charge in [0.1, 0.15) is 6.04 Å². The molecule has 23 heavy (non-hydrogen) atoms. The second-order valence-electron chi connectivity index (χ2n) is 5.66. The zero-order chi connectivity index (χ0) is 17.2. The molecule has 3 N–H and O–H groups in total. The fourth-order valence-corrected chi connectivity index (χ4v) is 1.90. The first-order chi connectivity index (χ1) is 11.0.